The van der Waals surface area contributed by atoms with E-state index >= 15 is 0 Å². The summed E-state index contributed by atoms with van der Waals surface area (Å²) in [5.74, 6) is 0.345. The lowest BCUT2D eigenvalue weighted by molar-refractivity contribution is -0.384. The standard InChI is InChI=1S/C16H25N3O4S/c1-13(12-18-8-4-3-5-9-18)11-17-15-7-6-14(24(2,22)23)10-16(15)19(20)21/h6-7,10,13,17H,3-5,8-9,11-12H2,1-2H3. The maximum absolute atomic E-state index is 11.6. The van der Waals surface area contributed by atoms with Crippen LogP contribution in [-0.4, -0.2) is 50.7 Å². The van der Waals surface area contributed by atoms with Gasteiger partial charge in [-0.2, -0.15) is 0 Å². The van der Waals surface area contributed by atoms with E-state index in [1.807, 2.05) is 0 Å². The van der Waals surface area contributed by atoms with E-state index in [1.54, 1.807) is 0 Å². The van der Waals surface area contributed by atoms with E-state index in [4.69, 9.17) is 0 Å². The predicted octanol–water partition coefficient (Wildman–Crippen LogP) is 2.53. The molecule has 1 aromatic rings. The normalized spacial score (nSPS) is 17.4. The molecule has 0 aromatic heterocycles. The van der Waals surface area contributed by atoms with E-state index in [-0.39, 0.29) is 10.6 Å². The van der Waals surface area contributed by atoms with Gasteiger partial charge in [0.1, 0.15) is 5.69 Å². The number of piperidine rings is 1. The summed E-state index contributed by atoms with van der Waals surface area (Å²) >= 11 is 0. The van der Waals surface area contributed by atoms with Gasteiger partial charge in [-0.1, -0.05) is 13.3 Å². The van der Waals surface area contributed by atoms with Crippen molar-refractivity contribution in [3.05, 3.63) is 28.3 Å². The van der Waals surface area contributed by atoms with E-state index in [0.717, 1.165) is 32.0 Å². The molecule has 0 amide bonds. The minimum Gasteiger partial charge on any atom is -0.379 e. The molecule has 134 valence electrons. The first-order valence-corrected chi connectivity index (χ1v) is 10.1. The Morgan fingerprint density at radius 3 is 2.54 bits per heavy atom. The third-order valence-corrected chi connectivity index (χ3v) is 5.36. The number of rotatable bonds is 7. The number of hydrogen-bond acceptors (Lipinski definition) is 6. The largest absolute Gasteiger partial charge is 0.379 e. The van der Waals surface area contributed by atoms with Gasteiger partial charge in [0.15, 0.2) is 9.84 Å². The highest BCUT2D eigenvalue weighted by Gasteiger charge is 2.19. The fourth-order valence-electron chi connectivity index (χ4n) is 2.97. The van der Waals surface area contributed by atoms with Crippen molar-refractivity contribution in [1.29, 1.82) is 0 Å². The summed E-state index contributed by atoms with van der Waals surface area (Å²) in [6.07, 6.45) is 4.80. The molecular formula is C16H25N3O4S. The van der Waals surface area contributed by atoms with Crippen LogP contribution < -0.4 is 5.32 Å². The molecule has 24 heavy (non-hydrogen) atoms. The zero-order valence-electron chi connectivity index (χ0n) is 14.2. The summed E-state index contributed by atoms with van der Waals surface area (Å²) in [4.78, 5) is 13.1. The number of sulfone groups is 1. The van der Waals surface area contributed by atoms with Crippen LogP contribution in [0.3, 0.4) is 0 Å². The van der Waals surface area contributed by atoms with Gasteiger partial charge >= 0.3 is 0 Å². The Balaban J connectivity index is 2.02. The topological polar surface area (TPSA) is 92.5 Å². The molecular weight excluding hydrogens is 330 g/mol. The van der Waals surface area contributed by atoms with Gasteiger partial charge in [0.25, 0.3) is 5.69 Å². The van der Waals surface area contributed by atoms with E-state index in [1.165, 1.54) is 31.4 Å². The molecule has 0 radical (unpaired) electrons. The summed E-state index contributed by atoms with van der Waals surface area (Å²) in [5.41, 5.74) is 0.154. The molecule has 1 saturated heterocycles. The van der Waals surface area contributed by atoms with Gasteiger partial charge in [0.2, 0.25) is 0 Å². The lowest BCUT2D eigenvalue weighted by Crippen LogP contribution is -2.35. The monoisotopic (exact) mass is 355 g/mol. The van der Waals surface area contributed by atoms with Crippen molar-refractivity contribution in [2.24, 2.45) is 5.92 Å². The van der Waals surface area contributed by atoms with E-state index in [9.17, 15) is 18.5 Å². The highest BCUT2D eigenvalue weighted by molar-refractivity contribution is 7.90. The van der Waals surface area contributed by atoms with Crippen LogP contribution >= 0.6 is 0 Å². The van der Waals surface area contributed by atoms with Crippen molar-refractivity contribution in [1.82, 2.24) is 4.90 Å². The highest BCUT2D eigenvalue weighted by atomic mass is 32.2. The number of nitrogens with one attached hydrogen (secondary N) is 1. The molecule has 1 N–H and O–H groups in total. The maximum Gasteiger partial charge on any atom is 0.293 e. The molecule has 1 fully saturated rings. The van der Waals surface area contributed by atoms with Crippen molar-refractivity contribution < 1.29 is 13.3 Å². The van der Waals surface area contributed by atoms with E-state index in [0.29, 0.717) is 18.2 Å². The van der Waals surface area contributed by atoms with Gasteiger partial charge in [-0.15, -0.1) is 0 Å². The zero-order valence-corrected chi connectivity index (χ0v) is 15.0. The molecule has 0 aliphatic carbocycles. The van der Waals surface area contributed by atoms with Crippen LogP contribution in [-0.2, 0) is 9.84 Å². The summed E-state index contributed by atoms with van der Waals surface area (Å²) in [7, 11) is -3.46. The lowest BCUT2D eigenvalue weighted by atomic mass is 10.1. The Hall–Kier alpha value is -1.67. The second kappa shape index (κ2) is 7.94. The van der Waals surface area contributed by atoms with Gasteiger partial charge in [0.05, 0.1) is 9.82 Å². The number of nitrogens with zero attached hydrogens (tertiary/aromatic N) is 2. The zero-order chi connectivity index (χ0) is 17.7. The van der Waals surface area contributed by atoms with Crippen molar-refractivity contribution in [3.63, 3.8) is 0 Å². The summed E-state index contributed by atoms with van der Waals surface area (Å²) in [6, 6.07) is 4.00. The fourth-order valence-corrected chi connectivity index (χ4v) is 3.62. The molecule has 1 aliphatic rings. The van der Waals surface area contributed by atoms with Crippen LogP contribution in [0.2, 0.25) is 0 Å². The molecule has 0 spiro atoms. The van der Waals surface area contributed by atoms with Gasteiger partial charge in [-0.25, -0.2) is 8.42 Å². The molecule has 1 atom stereocenters. The number of hydrogen-bond donors (Lipinski definition) is 1. The predicted molar refractivity (Wildman–Crippen MR) is 94.2 cm³/mol. The van der Waals surface area contributed by atoms with E-state index < -0.39 is 14.8 Å². The molecule has 0 bridgehead atoms. The van der Waals surface area contributed by atoms with Gasteiger partial charge in [0, 0.05) is 25.4 Å². The minimum atomic E-state index is -3.46. The Bertz CT molecular complexity index is 685. The first kappa shape index (κ1) is 18.7. The summed E-state index contributed by atoms with van der Waals surface area (Å²) in [6.45, 7) is 5.91. The molecule has 0 saturated carbocycles. The molecule has 8 heteroatoms. The Kier molecular flexibility index (Phi) is 6.17. The number of nitro groups is 1. The molecule has 1 heterocycles. The number of likely N-dealkylation sites (tertiary alicyclic amines) is 1. The average Bonchev–Trinajstić information content (AvgIpc) is 2.52. The first-order chi connectivity index (χ1) is 11.3. The third-order valence-electron chi connectivity index (χ3n) is 4.25. The highest BCUT2D eigenvalue weighted by Crippen LogP contribution is 2.27. The van der Waals surface area contributed by atoms with Crippen molar-refractivity contribution in [3.8, 4) is 0 Å². The van der Waals surface area contributed by atoms with Crippen LogP contribution in [0.4, 0.5) is 11.4 Å². The number of nitro benzene ring substituents is 1. The molecule has 7 nitrogen and oxygen atoms in total. The molecule has 1 aliphatic heterocycles. The van der Waals surface area contributed by atoms with Crippen molar-refractivity contribution in [2.45, 2.75) is 31.1 Å². The Morgan fingerprint density at radius 1 is 1.29 bits per heavy atom. The summed E-state index contributed by atoms with van der Waals surface area (Å²) in [5, 5.41) is 14.3. The fraction of sp³-hybridized carbons (Fsp3) is 0.625. The molecule has 1 aromatic carbocycles. The first-order valence-electron chi connectivity index (χ1n) is 8.22. The number of benzene rings is 1. The molecule has 1 unspecified atom stereocenters. The van der Waals surface area contributed by atoms with Crippen LogP contribution in [0, 0.1) is 16.0 Å². The quantitative estimate of drug-likeness (QED) is 0.597. The third kappa shape index (κ3) is 5.17. The summed E-state index contributed by atoms with van der Waals surface area (Å²) < 4.78 is 23.1. The Morgan fingerprint density at radius 2 is 1.96 bits per heavy atom. The Labute approximate surface area is 143 Å². The van der Waals surface area contributed by atoms with Gasteiger partial charge in [-0.05, 0) is 44.0 Å². The van der Waals surface area contributed by atoms with Crippen LogP contribution in [0.25, 0.3) is 0 Å². The lowest BCUT2D eigenvalue weighted by Gasteiger charge is -2.29. The van der Waals surface area contributed by atoms with Crippen molar-refractivity contribution >= 4 is 21.2 Å². The van der Waals surface area contributed by atoms with Gasteiger partial charge in [-0.3, -0.25) is 10.1 Å². The van der Waals surface area contributed by atoms with Gasteiger partial charge < -0.3 is 10.2 Å². The second-order valence-electron chi connectivity index (χ2n) is 6.56. The van der Waals surface area contributed by atoms with Crippen LogP contribution in [0.1, 0.15) is 26.2 Å². The minimum absolute atomic E-state index is 0.0406. The van der Waals surface area contributed by atoms with E-state index in [2.05, 4.69) is 17.1 Å². The second-order valence-corrected chi connectivity index (χ2v) is 8.57. The maximum atomic E-state index is 11.6. The smallest absolute Gasteiger partial charge is 0.293 e. The van der Waals surface area contributed by atoms with Crippen LogP contribution in [0.5, 0.6) is 0 Å². The SMILES string of the molecule is CC(CNc1ccc(S(C)(=O)=O)cc1[N+](=O)[O-])CN1CCCCC1. The van der Waals surface area contributed by atoms with Crippen molar-refractivity contribution in [2.75, 3.05) is 37.8 Å². The van der Waals surface area contributed by atoms with Crippen LogP contribution in [0.15, 0.2) is 23.1 Å². The molecule has 2 rings (SSSR count). The average molecular weight is 355 g/mol. The number of anilines is 1.